The average Bonchev–Trinajstić information content (AvgIpc) is 2.09. The van der Waals surface area contributed by atoms with Gasteiger partial charge >= 0.3 is 0 Å². The lowest BCUT2D eigenvalue weighted by atomic mass is 10.1. The summed E-state index contributed by atoms with van der Waals surface area (Å²) in [5, 5.41) is 0. The van der Waals surface area contributed by atoms with Crippen molar-refractivity contribution in [1.82, 2.24) is 4.98 Å². The Hall–Kier alpha value is -0.360. The minimum Gasteiger partial charge on any atom is -0.378 e. The van der Waals surface area contributed by atoms with Gasteiger partial charge in [-0.1, -0.05) is 0 Å². The summed E-state index contributed by atoms with van der Waals surface area (Å²) >= 11 is 2.30. The molecule has 2 heterocycles. The van der Waals surface area contributed by atoms with Crippen molar-refractivity contribution < 1.29 is 4.74 Å². The maximum atomic E-state index is 5.22. The van der Waals surface area contributed by atoms with Crippen LogP contribution in [0.3, 0.4) is 0 Å². The Morgan fingerprint density at radius 1 is 1.50 bits per heavy atom. The van der Waals surface area contributed by atoms with Crippen molar-refractivity contribution in [3.05, 3.63) is 21.4 Å². The molecule has 1 aliphatic heterocycles. The summed E-state index contributed by atoms with van der Waals surface area (Å²) in [5.41, 5.74) is 1.10. The second-order valence-corrected chi connectivity index (χ2v) is 4.66. The van der Waals surface area contributed by atoms with Gasteiger partial charge in [0.1, 0.15) is 5.82 Å². The monoisotopic (exact) mass is 304 g/mol. The highest BCUT2D eigenvalue weighted by Gasteiger charge is 2.27. The molecule has 1 aliphatic rings. The Bertz CT molecular complexity index is 337. The molecule has 0 radical (unpaired) electrons. The summed E-state index contributed by atoms with van der Waals surface area (Å²) in [6.45, 7) is 3.96. The lowest BCUT2D eigenvalue weighted by Crippen LogP contribution is -2.52. The molecule has 1 saturated heterocycles. The highest BCUT2D eigenvalue weighted by atomic mass is 127. The van der Waals surface area contributed by atoms with Gasteiger partial charge in [0.25, 0.3) is 0 Å². The van der Waals surface area contributed by atoms with Gasteiger partial charge < -0.3 is 9.64 Å². The summed E-state index contributed by atoms with van der Waals surface area (Å²) in [4.78, 5) is 6.76. The molecule has 1 aromatic heterocycles. The molecule has 3 nitrogen and oxygen atoms in total. The molecule has 2 rings (SSSR count). The van der Waals surface area contributed by atoms with Crippen LogP contribution in [-0.4, -0.2) is 31.3 Å². The molecule has 0 aliphatic carbocycles. The Kier molecular flexibility index (Phi) is 2.92. The summed E-state index contributed by atoms with van der Waals surface area (Å²) in [6.07, 6.45) is 0.386. The van der Waals surface area contributed by atoms with Crippen LogP contribution in [0.4, 0.5) is 5.82 Å². The molecule has 0 N–H and O–H groups in total. The molecule has 14 heavy (non-hydrogen) atoms. The number of aryl methyl sites for hydroxylation is 1. The molecule has 1 aromatic rings. The zero-order valence-corrected chi connectivity index (χ0v) is 10.5. The quantitative estimate of drug-likeness (QED) is 0.780. The van der Waals surface area contributed by atoms with E-state index in [1.54, 1.807) is 7.11 Å². The van der Waals surface area contributed by atoms with Crippen LogP contribution in [0.15, 0.2) is 12.1 Å². The topological polar surface area (TPSA) is 25.4 Å². The van der Waals surface area contributed by atoms with E-state index in [4.69, 9.17) is 4.74 Å². The molecule has 0 spiro atoms. The number of methoxy groups -OCH3 is 1. The number of hydrogen-bond acceptors (Lipinski definition) is 3. The SMILES string of the molecule is COC1CN(c2ccc(I)c(C)n2)C1. The van der Waals surface area contributed by atoms with Crippen LogP contribution < -0.4 is 4.90 Å². The minimum absolute atomic E-state index is 0.386. The Morgan fingerprint density at radius 3 is 2.79 bits per heavy atom. The predicted molar refractivity (Wildman–Crippen MR) is 64.7 cm³/mol. The largest absolute Gasteiger partial charge is 0.378 e. The molecule has 0 aromatic carbocycles. The molecule has 0 saturated carbocycles. The van der Waals surface area contributed by atoms with Crippen LogP contribution in [0, 0.1) is 10.5 Å². The second kappa shape index (κ2) is 4.02. The van der Waals surface area contributed by atoms with Crippen LogP contribution in [0.25, 0.3) is 0 Å². The first-order chi connectivity index (χ1) is 6.70. The average molecular weight is 304 g/mol. The fourth-order valence-corrected chi connectivity index (χ4v) is 1.78. The fourth-order valence-electron chi connectivity index (χ4n) is 1.48. The zero-order valence-electron chi connectivity index (χ0n) is 8.33. The molecular formula is C10H13IN2O. The van der Waals surface area contributed by atoms with Crippen molar-refractivity contribution >= 4 is 28.4 Å². The Balaban J connectivity index is 2.08. The van der Waals surface area contributed by atoms with E-state index in [0.717, 1.165) is 24.6 Å². The summed E-state index contributed by atoms with van der Waals surface area (Å²) in [7, 11) is 1.76. The van der Waals surface area contributed by atoms with Crippen molar-refractivity contribution in [2.75, 3.05) is 25.1 Å². The number of halogens is 1. The summed E-state index contributed by atoms with van der Waals surface area (Å²) in [6, 6.07) is 4.18. The van der Waals surface area contributed by atoms with Gasteiger partial charge in [0.05, 0.1) is 11.8 Å². The first-order valence-electron chi connectivity index (χ1n) is 4.61. The summed E-state index contributed by atoms with van der Waals surface area (Å²) < 4.78 is 6.44. The number of pyridine rings is 1. The van der Waals surface area contributed by atoms with Crippen LogP contribution in [0.1, 0.15) is 5.69 Å². The molecule has 0 unspecified atom stereocenters. The Morgan fingerprint density at radius 2 is 2.21 bits per heavy atom. The predicted octanol–water partition coefficient (Wildman–Crippen LogP) is 1.83. The molecule has 1 fully saturated rings. The molecule has 76 valence electrons. The molecule has 0 bridgehead atoms. The maximum absolute atomic E-state index is 5.22. The number of ether oxygens (including phenoxy) is 1. The third kappa shape index (κ3) is 1.86. The number of nitrogens with zero attached hydrogens (tertiary/aromatic N) is 2. The lowest BCUT2D eigenvalue weighted by Gasteiger charge is -2.39. The van der Waals surface area contributed by atoms with Crippen molar-refractivity contribution in [2.45, 2.75) is 13.0 Å². The van der Waals surface area contributed by atoms with Crippen LogP contribution in [0.2, 0.25) is 0 Å². The normalized spacial score (nSPS) is 16.9. The molecule has 4 heteroatoms. The van der Waals surface area contributed by atoms with Crippen LogP contribution in [-0.2, 0) is 4.74 Å². The number of anilines is 1. The van der Waals surface area contributed by atoms with Gasteiger partial charge in [-0.3, -0.25) is 0 Å². The van der Waals surface area contributed by atoms with E-state index in [0.29, 0.717) is 6.10 Å². The molecule has 0 amide bonds. The van der Waals surface area contributed by atoms with E-state index in [2.05, 4.69) is 44.6 Å². The third-order valence-corrected chi connectivity index (χ3v) is 3.65. The summed E-state index contributed by atoms with van der Waals surface area (Å²) in [5.74, 6) is 1.07. The van der Waals surface area contributed by atoms with Crippen LogP contribution >= 0.6 is 22.6 Å². The fraction of sp³-hybridized carbons (Fsp3) is 0.500. The Labute approximate surface area is 97.6 Å². The third-order valence-electron chi connectivity index (χ3n) is 2.51. The van der Waals surface area contributed by atoms with Gasteiger partial charge in [-0.2, -0.15) is 0 Å². The van der Waals surface area contributed by atoms with E-state index < -0.39 is 0 Å². The van der Waals surface area contributed by atoms with Gasteiger partial charge in [0.15, 0.2) is 0 Å². The lowest BCUT2D eigenvalue weighted by molar-refractivity contribution is 0.0783. The molecule has 0 atom stereocenters. The zero-order chi connectivity index (χ0) is 10.1. The van der Waals surface area contributed by atoms with Gasteiger partial charge in [0.2, 0.25) is 0 Å². The van der Waals surface area contributed by atoms with Crippen molar-refractivity contribution in [2.24, 2.45) is 0 Å². The van der Waals surface area contributed by atoms with Crippen molar-refractivity contribution in [1.29, 1.82) is 0 Å². The van der Waals surface area contributed by atoms with Gasteiger partial charge in [0, 0.05) is 23.8 Å². The second-order valence-electron chi connectivity index (χ2n) is 3.50. The smallest absolute Gasteiger partial charge is 0.129 e. The van der Waals surface area contributed by atoms with E-state index in [9.17, 15) is 0 Å². The van der Waals surface area contributed by atoms with Gasteiger partial charge in [-0.05, 0) is 41.6 Å². The highest BCUT2D eigenvalue weighted by Crippen LogP contribution is 2.21. The van der Waals surface area contributed by atoms with E-state index in [1.165, 1.54) is 3.57 Å². The number of aromatic nitrogens is 1. The minimum atomic E-state index is 0.386. The first-order valence-corrected chi connectivity index (χ1v) is 5.69. The number of hydrogen-bond donors (Lipinski definition) is 0. The van der Waals surface area contributed by atoms with Crippen molar-refractivity contribution in [3.8, 4) is 0 Å². The maximum Gasteiger partial charge on any atom is 0.129 e. The van der Waals surface area contributed by atoms with E-state index in [-0.39, 0.29) is 0 Å². The van der Waals surface area contributed by atoms with Gasteiger partial charge in [-0.25, -0.2) is 4.98 Å². The first kappa shape index (κ1) is 10.2. The standard InChI is InChI=1S/C10H13IN2O/c1-7-9(11)3-4-10(12-7)13-5-8(6-13)14-2/h3-4,8H,5-6H2,1-2H3. The van der Waals surface area contributed by atoms with E-state index in [1.807, 2.05) is 6.92 Å². The van der Waals surface area contributed by atoms with Crippen LogP contribution in [0.5, 0.6) is 0 Å². The van der Waals surface area contributed by atoms with Gasteiger partial charge in [-0.15, -0.1) is 0 Å². The van der Waals surface area contributed by atoms with Crippen molar-refractivity contribution in [3.63, 3.8) is 0 Å². The molecular weight excluding hydrogens is 291 g/mol. The van der Waals surface area contributed by atoms with E-state index >= 15 is 0 Å². The number of rotatable bonds is 2. The highest BCUT2D eigenvalue weighted by molar-refractivity contribution is 14.1.